The lowest BCUT2D eigenvalue weighted by Gasteiger charge is -2.23. The highest BCUT2D eigenvalue weighted by Gasteiger charge is 2.31. The molecule has 2 rings (SSSR count). The molecular weight excluding hydrogens is 258 g/mol. The molecule has 1 aromatic carbocycles. The second-order valence-corrected chi connectivity index (χ2v) is 4.83. The molecule has 0 heterocycles. The molecule has 1 saturated carbocycles. The number of benzene rings is 1. The van der Waals surface area contributed by atoms with Crippen LogP contribution >= 0.6 is 0 Å². The minimum Gasteiger partial charge on any atom is -0.388 e. The number of aliphatic hydroxyl groups is 1. The van der Waals surface area contributed by atoms with E-state index < -0.39 is 33.5 Å². The van der Waals surface area contributed by atoms with Crippen LogP contribution in [0.2, 0.25) is 0 Å². The van der Waals surface area contributed by atoms with Crippen LogP contribution in [0.15, 0.2) is 12.1 Å². The van der Waals surface area contributed by atoms with Crippen molar-refractivity contribution in [3.05, 3.63) is 33.9 Å². The van der Waals surface area contributed by atoms with Crippen molar-refractivity contribution >= 4 is 11.4 Å². The van der Waals surface area contributed by atoms with E-state index in [1.165, 1.54) is 0 Å². The van der Waals surface area contributed by atoms with Gasteiger partial charge in [0.25, 0.3) is 5.69 Å². The van der Waals surface area contributed by atoms with Gasteiger partial charge in [0.1, 0.15) is 5.69 Å². The molecule has 1 fully saturated rings. The Labute approximate surface area is 108 Å². The molecule has 2 N–H and O–H groups in total. The van der Waals surface area contributed by atoms with Gasteiger partial charge in [0.05, 0.1) is 22.7 Å². The molecule has 19 heavy (non-hydrogen) atoms. The van der Waals surface area contributed by atoms with Crippen LogP contribution in [0.5, 0.6) is 0 Å². The van der Waals surface area contributed by atoms with E-state index in [1.54, 1.807) is 0 Å². The number of rotatable bonds is 4. The number of nitro benzene ring substituents is 1. The molecule has 104 valence electrons. The van der Waals surface area contributed by atoms with E-state index in [2.05, 4.69) is 5.32 Å². The third-order valence-electron chi connectivity index (χ3n) is 3.37. The van der Waals surface area contributed by atoms with E-state index in [-0.39, 0.29) is 6.54 Å². The summed E-state index contributed by atoms with van der Waals surface area (Å²) < 4.78 is 27.2. The summed E-state index contributed by atoms with van der Waals surface area (Å²) in [6, 6.07) is 1.31. The van der Waals surface area contributed by atoms with Crippen molar-refractivity contribution < 1.29 is 18.8 Å². The molecule has 0 amide bonds. The van der Waals surface area contributed by atoms with Crippen molar-refractivity contribution in [2.45, 2.75) is 31.3 Å². The van der Waals surface area contributed by atoms with E-state index in [0.717, 1.165) is 12.8 Å². The Bertz CT molecular complexity index is 479. The molecule has 1 aromatic rings. The zero-order valence-corrected chi connectivity index (χ0v) is 10.2. The number of nitrogens with zero attached hydrogens (tertiary/aromatic N) is 1. The molecule has 0 radical (unpaired) electrons. The maximum absolute atomic E-state index is 13.6. The Balaban J connectivity index is 2.14. The van der Waals surface area contributed by atoms with Crippen LogP contribution < -0.4 is 5.32 Å². The molecule has 5 nitrogen and oxygen atoms in total. The molecule has 0 spiro atoms. The second kappa shape index (κ2) is 5.08. The topological polar surface area (TPSA) is 75.4 Å². The fraction of sp³-hybridized carbons (Fsp3) is 0.500. The number of non-ortho nitro benzene ring substituents is 1. The van der Waals surface area contributed by atoms with Crippen molar-refractivity contribution in [3.63, 3.8) is 0 Å². The highest BCUT2D eigenvalue weighted by atomic mass is 19.1. The molecule has 7 heteroatoms. The van der Waals surface area contributed by atoms with E-state index in [0.29, 0.717) is 25.0 Å². The first-order chi connectivity index (χ1) is 8.91. The maximum Gasteiger partial charge on any atom is 0.275 e. The highest BCUT2D eigenvalue weighted by molar-refractivity contribution is 5.51. The van der Waals surface area contributed by atoms with E-state index >= 15 is 0 Å². The summed E-state index contributed by atoms with van der Waals surface area (Å²) in [7, 11) is 0. The van der Waals surface area contributed by atoms with E-state index in [9.17, 15) is 24.0 Å². The zero-order chi connectivity index (χ0) is 14.0. The highest BCUT2D eigenvalue weighted by Crippen LogP contribution is 2.31. The summed E-state index contributed by atoms with van der Waals surface area (Å²) in [4.78, 5) is 9.59. The maximum atomic E-state index is 13.6. The van der Waals surface area contributed by atoms with Gasteiger partial charge in [-0.15, -0.1) is 0 Å². The first kappa shape index (κ1) is 13.7. The Morgan fingerprint density at radius 3 is 2.32 bits per heavy atom. The molecule has 1 aliphatic rings. The van der Waals surface area contributed by atoms with Crippen LogP contribution in [-0.2, 0) is 0 Å². The molecular formula is C12H14F2N2O3. The van der Waals surface area contributed by atoms with Gasteiger partial charge in [0.15, 0.2) is 11.6 Å². The monoisotopic (exact) mass is 272 g/mol. The van der Waals surface area contributed by atoms with Gasteiger partial charge in [-0.3, -0.25) is 10.1 Å². The molecule has 0 unspecified atom stereocenters. The Kier molecular flexibility index (Phi) is 3.66. The van der Waals surface area contributed by atoms with Crippen LogP contribution in [0.25, 0.3) is 0 Å². The van der Waals surface area contributed by atoms with Crippen molar-refractivity contribution in [2.75, 3.05) is 11.9 Å². The largest absolute Gasteiger partial charge is 0.388 e. The van der Waals surface area contributed by atoms with Gasteiger partial charge in [0.2, 0.25) is 0 Å². The summed E-state index contributed by atoms with van der Waals surface area (Å²) in [6.07, 6.45) is 2.92. The summed E-state index contributed by atoms with van der Waals surface area (Å²) >= 11 is 0. The average molecular weight is 272 g/mol. The summed E-state index contributed by atoms with van der Waals surface area (Å²) in [6.45, 7) is 0.0264. The van der Waals surface area contributed by atoms with Gasteiger partial charge in [-0.25, -0.2) is 8.78 Å². The smallest absolute Gasteiger partial charge is 0.275 e. The molecule has 0 aromatic heterocycles. The van der Waals surface area contributed by atoms with Crippen LogP contribution in [0.1, 0.15) is 25.7 Å². The summed E-state index contributed by atoms with van der Waals surface area (Å²) in [5.74, 6) is -2.07. The normalized spacial score (nSPS) is 17.4. The van der Waals surface area contributed by atoms with Crippen molar-refractivity contribution in [3.8, 4) is 0 Å². The lowest BCUT2D eigenvalue weighted by Crippen LogP contribution is -2.33. The molecule has 0 saturated heterocycles. The third-order valence-corrected chi connectivity index (χ3v) is 3.37. The number of hydrogen-bond donors (Lipinski definition) is 2. The quantitative estimate of drug-likeness (QED) is 0.652. The molecule has 0 bridgehead atoms. The average Bonchev–Trinajstić information content (AvgIpc) is 2.75. The number of nitro groups is 1. The predicted molar refractivity (Wildman–Crippen MR) is 64.9 cm³/mol. The van der Waals surface area contributed by atoms with Crippen molar-refractivity contribution in [1.29, 1.82) is 0 Å². The summed E-state index contributed by atoms with van der Waals surface area (Å²) in [5, 5.41) is 23.0. The van der Waals surface area contributed by atoms with E-state index in [4.69, 9.17) is 0 Å². The van der Waals surface area contributed by atoms with Gasteiger partial charge in [-0.05, 0) is 12.8 Å². The van der Waals surface area contributed by atoms with Crippen LogP contribution in [0, 0.1) is 21.7 Å². The Hall–Kier alpha value is -1.76. The van der Waals surface area contributed by atoms with Gasteiger partial charge >= 0.3 is 0 Å². The zero-order valence-electron chi connectivity index (χ0n) is 10.2. The van der Waals surface area contributed by atoms with Gasteiger partial charge in [-0.2, -0.15) is 0 Å². The first-order valence-electron chi connectivity index (χ1n) is 6.01. The predicted octanol–water partition coefficient (Wildman–Crippen LogP) is 2.59. The minimum atomic E-state index is -1.03. The van der Waals surface area contributed by atoms with Gasteiger partial charge < -0.3 is 10.4 Å². The number of hydrogen-bond acceptors (Lipinski definition) is 4. The number of nitrogens with one attached hydrogen (secondary N) is 1. The number of anilines is 1. The number of halogens is 2. The lowest BCUT2D eigenvalue weighted by atomic mass is 10.0. The second-order valence-electron chi connectivity index (χ2n) is 4.83. The fourth-order valence-electron chi connectivity index (χ4n) is 2.30. The van der Waals surface area contributed by atoms with Crippen molar-refractivity contribution in [2.24, 2.45) is 0 Å². The Morgan fingerprint density at radius 2 is 1.84 bits per heavy atom. The first-order valence-corrected chi connectivity index (χ1v) is 6.01. The fourth-order valence-corrected chi connectivity index (χ4v) is 2.30. The van der Waals surface area contributed by atoms with Crippen LogP contribution in [0.4, 0.5) is 20.2 Å². The Morgan fingerprint density at radius 1 is 1.32 bits per heavy atom. The molecule has 0 aliphatic heterocycles. The lowest BCUT2D eigenvalue weighted by molar-refractivity contribution is -0.385. The van der Waals surface area contributed by atoms with Crippen LogP contribution in [-0.4, -0.2) is 22.2 Å². The van der Waals surface area contributed by atoms with Crippen molar-refractivity contribution in [1.82, 2.24) is 0 Å². The molecule has 1 aliphatic carbocycles. The summed E-state index contributed by atoms with van der Waals surface area (Å²) in [5.41, 5.74) is -2.04. The van der Waals surface area contributed by atoms with E-state index in [1.807, 2.05) is 0 Å². The minimum absolute atomic E-state index is 0.0264. The third kappa shape index (κ3) is 2.98. The standard InChI is InChI=1S/C12H14F2N2O3/c13-9-5-8(16(18)19)6-10(14)11(9)15-7-12(17)3-1-2-4-12/h5-6,15,17H,1-4,7H2. The SMILES string of the molecule is O=[N+]([O-])c1cc(F)c(NCC2(O)CCCC2)c(F)c1. The molecule has 0 atom stereocenters. The van der Waals surface area contributed by atoms with Crippen LogP contribution in [0.3, 0.4) is 0 Å². The van der Waals surface area contributed by atoms with Gasteiger partial charge in [0, 0.05) is 6.54 Å². The van der Waals surface area contributed by atoms with Gasteiger partial charge in [-0.1, -0.05) is 12.8 Å².